The first-order chi connectivity index (χ1) is 8.39. The molecule has 1 saturated heterocycles. The summed E-state index contributed by atoms with van der Waals surface area (Å²) in [7, 11) is 0. The molecule has 2 rings (SSSR count). The number of hydrogen-bond donors (Lipinski definition) is 0. The molecule has 0 unspecified atom stereocenters. The summed E-state index contributed by atoms with van der Waals surface area (Å²) in [6, 6.07) is 1.79. The zero-order valence-electron chi connectivity index (χ0n) is 9.92. The number of likely N-dealkylation sites (tertiary alicyclic amines) is 1. The molecule has 0 aliphatic carbocycles. The molecule has 0 saturated carbocycles. The molecule has 1 amide bonds. The SMILES string of the molecule is Cc1cnc(C(=O)N2CCC(F)(F)CC2)c(Br)c1. The molecule has 6 heteroatoms. The van der Waals surface area contributed by atoms with Gasteiger partial charge in [-0.25, -0.2) is 13.8 Å². The number of rotatable bonds is 1. The molecule has 1 aromatic heterocycles. The number of hydrogen-bond acceptors (Lipinski definition) is 2. The van der Waals surface area contributed by atoms with Crippen LogP contribution in [0.3, 0.4) is 0 Å². The second kappa shape index (κ2) is 4.91. The number of pyridine rings is 1. The van der Waals surface area contributed by atoms with E-state index >= 15 is 0 Å². The van der Waals surface area contributed by atoms with Crippen LogP contribution in [0.15, 0.2) is 16.7 Å². The van der Waals surface area contributed by atoms with Crippen molar-refractivity contribution in [3.8, 4) is 0 Å². The summed E-state index contributed by atoms with van der Waals surface area (Å²) in [5, 5.41) is 0. The Morgan fingerprint density at radius 3 is 2.61 bits per heavy atom. The molecule has 1 aliphatic heterocycles. The summed E-state index contributed by atoms with van der Waals surface area (Å²) >= 11 is 3.28. The van der Waals surface area contributed by atoms with Gasteiger partial charge in [-0.3, -0.25) is 4.79 Å². The number of alkyl halides is 2. The summed E-state index contributed by atoms with van der Waals surface area (Å²) in [6.07, 6.45) is 1.04. The first kappa shape index (κ1) is 13.4. The number of piperidine rings is 1. The predicted octanol–water partition coefficient (Wildman–Crippen LogP) is 3.02. The van der Waals surface area contributed by atoms with Gasteiger partial charge in [0.15, 0.2) is 0 Å². The number of carbonyl (C=O) groups excluding carboxylic acids is 1. The second-order valence-electron chi connectivity index (χ2n) is 4.49. The molecule has 0 N–H and O–H groups in total. The monoisotopic (exact) mass is 318 g/mol. The minimum absolute atomic E-state index is 0.0772. The van der Waals surface area contributed by atoms with Gasteiger partial charge in [-0.15, -0.1) is 0 Å². The Morgan fingerprint density at radius 2 is 2.06 bits per heavy atom. The highest BCUT2D eigenvalue weighted by Crippen LogP contribution is 2.29. The summed E-state index contributed by atoms with van der Waals surface area (Å²) in [5.41, 5.74) is 1.22. The van der Waals surface area contributed by atoms with Gasteiger partial charge >= 0.3 is 0 Å². The Balaban J connectivity index is 2.13. The molecule has 0 bridgehead atoms. The molecule has 1 aromatic rings. The summed E-state index contributed by atoms with van der Waals surface area (Å²) in [6.45, 7) is 2.02. The van der Waals surface area contributed by atoms with Crippen LogP contribution >= 0.6 is 15.9 Å². The van der Waals surface area contributed by atoms with Crippen LogP contribution in [-0.2, 0) is 0 Å². The number of aromatic nitrogens is 1. The van der Waals surface area contributed by atoms with E-state index in [2.05, 4.69) is 20.9 Å². The number of nitrogens with zero attached hydrogens (tertiary/aromatic N) is 2. The van der Waals surface area contributed by atoms with Gasteiger partial charge in [0.2, 0.25) is 0 Å². The molecular formula is C12H13BrF2N2O. The van der Waals surface area contributed by atoms with E-state index in [1.807, 2.05) is 6.92 Å². The van der Waals surface area contributed by atoms with Crippen molar-refractivity contribution in [1.29, 1.82) is 0 Å². The van der Waals surface area contributed by atoms with Crippen molar-refractivity contribution < 1.29 is 13.6 Å². The fourth-order valence-electron chi connectivity index (χ4n) is 1.88. The largest absolute Gasteiger partial charge is 0.337 e. The maximum Gasteiger partial charge on any atom is 0.273 e. The van der Waals surface area contributed by atoms with Crippen molar-refractivity contribution in [1.82, 2.24) is 9.88 Å². The van der Waals surface area contributed by atoms with E-state index in [-0.39, 0.29) is 37.5 Å². The van der Waals surface area contributed by atoms with Crippen molar-refractivity contribution >= 4 is 21.8 Å². The van der Waals surface area contributed by atoms with E-state index in [0.29, 0.717) is 4.47 Å². The third kappa shape index (κ3) is 2.85. The van der Waals surface area contributed by atoms with Gasteiger partial charge in [-0.1, -0.05) is 0 Å². The highest BCUT2D eigenvalue weighted by atomic mass is 79.9. The molecule has 0 atom stereocenters. The maximum absolute atomic E-state index is 13.0. The van der Waals surface area contributed by atoms with Gasteiger partial charge < -0.3 is 4.90 Å². The molecular weight excluding hydrogens is 306 g/mol. The lowest BCUT2D eigenvalue weighted by Crippen LogP contribution is -2.43. The van der Waals surface area contributed by atoms with Gasteiger partial charge in [0.25, 0.3) is 11.8 Å². The van der Waals surface area contributed by atoms with E-state index in [9.17, 15) is 13.6 Å². The van der Waals surface area contributed by atoms with Crippen LogP contribution in [0.1, 0.15) is 28.9 Å². The number of carbonyl (C=O) groups is 1. The van der Waals surface area contributed by atoms with Crippen LogP contribution in [0, 0.1) is 6.92 Å². The topological polar surface area (TPSA) is 33.2 Å². The number of amides is 1. The van der Waals surface area contributed by atoms with Crippen molar-refractivity contribution in [2.45, 2.75) is 25.7 Å². The predicted molar refractivity (Wildman–Crippen MR) is 66.8 cm³/mol. The van der Waals surface area contributed by atoms with Gasteiger partial charge in [-0.05, 0) is 34.5 Å². The van der Waals surface area contributed by atoms with Crippen LogP contribution in [0.2, 0.25) is 0 Å². The fraction of sp³-hybridized carbons (Fsp3) is 0.500. The summed E-state index contributed by atoms with van der Waals surface area (Å²) in [5.74, 6) is -2.94. The van der Waals surface area contributed by atoms with E-state index < -0.39 is 5.92 Å². The lowest BCUT2D eigenvalue weighted by molar-refractivity contribution is -0.0495. The van der Waals surface area contributed by atoms with Gasteiger partial charge in [0.05, 0.1) is 0 Å². The molecule has 1 aliphatic rings. The Labute approximate surface area is 112 Å². The van der Waals surface area contributed by atoms with E-state index in [4.69, 9.17) is 0 Å². The molecule has 98 valence electrons. The van der Waals surface area contributed by atoms with Crippen LogP contribution in [0.25, 0.3) is 0 Å². The normalized spacial score (nSPS) is 18.8. The summed E-state index contributed by atoms with van der Waals surface area (Å²) < 4.78 is 26.6. The third-order valence-electron chi connectivity index (χ3n) is 2.96. The Morgan fingerprint density at radius 1 is 1.44 bits per heavy atom. The molecule has 0 spiro atoms. The fourth-order valence-corrected chi connectivity index (χ4v) is 2.51. The van der Waals surface area contributed by atoms with Gasteiger partial charge in [-0.2, -0.15) is 0 Å². The Kier molecular flexibility index (Phi) is 3.66. The van der Waals surface area contributed by atoms with Crippen LogP contribution in [-0.4, -0.2) is 34.8 Å². The van der Waals surface area contributed by atoms with E-state index in [1.54, 1.807) is 12.3 Å². The van der Waals surface area contributed by atoms with Crippen molar-refractivity contribution in [2.75, 3.05) is 13.1 Å². The van der Waals surface area contributed by atoms with Gasteiger partial charge in [0, 0.05) is 36.6 Å². The maximum atomic E-state index is 13.0. The van der Waals surface area contributed by atoms with Crippen molar-refractivity contribution in [2.24, 2.45) is 0 Å². The minimum atomic E-state index is -2.64. The highest BCUT2D eigenvalue weighted by molar-refractivity contribution is 9.10. The van der Waals surface area contributed by atoms with Crippen LogP contribution in [0.4, 0.5) is 8.78 Å². The molecule has 0 radical (unpaired) electrons. The lowest BCUT2D eigenvalue weighted by Gasteiger charge is -2.31. The Hall–Kier alpha value is -1.04. The van der Waals surface area contributed by atoms with Crippen LogP contribution in [0.5, 0.6) is 0 Å². The Bertz CT molecular complexity index is 469. The smallest absolute Gasteiger partial charge is 0.273 e. The molecule has 0 aromatic carbocycles. The third-order valence-corrected chi connectivity index (χ3v) is 3.57. The average Bonchev–Trinajstić information content (AvgIpc) is 2.28. The zero-order chi connectivity index (χ0) is 13.3. The average molecular weight is 319 g/mol. The minimum Gasteiger partial charge on any atom is -0.337 e. The molecule has 3 nitrogen and oxygen atoms in total. The number of aryl methyl sites for hydroxylation is 1. The zero-order valence-corrected chi connectivity index (χ0v) is 11.5. The van der Waals surface area contributed by atoms with Gasteiger partial charge in [0.1, 0.15) is 5.69 Å². The van der Waals surface area contributed by atoms with Crippen LogP contribution < -0.4 is 0 Å². The van der Waals surface area contributed by atoms with Crippen molar-refractivity contribution in [3.05, 3.63) is 28.0 Å². The van der Waals surface area contributed by atoms with E-state index in [1.165, 1.54) is 4.90 Å². The molecule has 18 heavy (non-hydrogen) atoms. The lowest BCUT2D eigenvalue weighted by atomic mass is 10.1. The van der Waals surface area contributed by atoms with E-state index in [0.717, 1.165) is 5.56 Å². The molecule has 1 fully saturated rings. The van der Waals surface area contributed by atoms with Crippen molar-refractivity contribution in [3.63, 3.8) is 0 Å². The quantitative estimate of drug-likeness (QED) is 0.797. The first-order valence-corrected chi connectivity index (χ1v) is 6.48. The second-order valence-corrected chi connectivity index (χ2v) is 5.35. The standard InChI is InChI=1S/C12H13BrF2N2O/c1-8-6-9(13)10(16-7-8)11(18)17-4-2-12(14,15)3-5-17/h6-7H,2-5H2,1H3. The summed E-state index contributed by atoms with van der Waals surface area (Å²) in [4.78, 5) is 17.6. The highest BCUT2D eigenvalue weighted by Gasteiger charge is 2.36. The first-order valence-electron chi connectivity index (χ1n) is 5.68. The number of halogens is 3. The molecule has 2 heterocycles.